The van der Waals surface area contributed by atoms with Gasteiger partial charge in [-0.15, -0.1) is 10.2 Å². The minimum atomic E-state index is -4.59. The number of nitrogens with two attached hydrogens (primary N) is 1. The van der Waals surface area contributed by atoms with Crippen molar-refractivity contribution in [1.29, 1.82) is 0 Å². The van der Waals surface area contributed by atoms with Crippen LogP contribution in [0.1, 0.15) is 16.9 Å². The number of halogens is 3. The molecule has 1 unspecified atom stereocenters. The Kier molecular flexibility index (Phi) is 3.02. The Hall–Kier alpha value is -1.26. The fourth-order valence-electron chi connectivity index (χ4n) is 1.21. The van der Waals surface area contributed by atoms with Crippen molar-refractivity contribution < 1.29 is 17.9 Å². The predicted octanol–water partition coefficient (Wildman–Crippen LogP) is 0.851. The molecule has 0 aromatic carbocycles. The summed E-state index contributed by atoms with van der Waals surface area (Å²) in [6, 6.07) is -0.576. The number of hydrogen-bond donors (Lipinski definition) is 1. The molecular weight excluding hydrogens is 259 g/mol. The third kappa shape index (κ3) is 2.23. The predicted molar refractivity (Wildman–Crippen MR) is 52.5 cm³/mol. The van der Waals surface area contributed by atoms with E-state index < -0.39 is 18.0 Å². The van der Waals surface area contributed by atoms with Crippen molar-refractivity contribution in [3.05, 3.63) is 10.8 Å². The zero-order valence-corrected chi connectivity index (χ0v) is 9.42. The number of ether oxygens (including phenoxy) is 1. The van der Waals surface area contributed by atoms with Crippen molar-refractivity contribution in [2.24, 2.45) is 5.73 Å². The first-order valence-electron chi connectivity index (χ1n) is 4.47. The van der Waals surface area contributed by atoms with Crippen molar-refractivity contribution in [2.75, 3.05) is 13.7 Å². The van der Waals surface area contributed by atoms with Crippen LogP contribution in [0.3, 0.4) is 0 Å². The summed E-state index contributed by atoms with van der Waals surface area (Å²) in [6.07, 6.45) is -4.59. The van der Waals surface area contributed by atoms with Gasteiger partial charge in [0.15, 0.2) is 0 Å². The molecule has 1 atom stereocenters. The highest BCUT2D eigenvalue weighted by molar-refractivity contribution is 7.16. The molecule has 0 spiro atoms. The van der Waals surface area contributed by atoms with E-state index in [0.717, 1.165) is 11.3 Å². The second kappa shape index (κ2) is 4.20. The van der Waals surface area contributed by atoms with Crippen LogP contribution in [0, 0.1) is 0 Å². The highest BCUT2D eigenvalue weighted by Gasteiger charge is 2.38. The Labute approximate surface area is 97.2 Å². The largest absolute Gasteiger partial charge is 0.453 e. The summed E-state index contributed by atoms with van der Waals surface area (Å²) in [5, 5.41) is 10.5. The molecule has 17 heavy (non-hydrogen) atoms. The van der Waals surface area contributed by atoms with E-state index in [-0.39, 0.29) is 11.6 Å². The monoisotopic (exact) mass is 267 g/mol. The van der Waals surface area contributed by atoms with Gasteiger partial charge in [-0.2, -0.15) is 22.8 Å². The third-order valence-electron chi connectivity index (χ3n) is 1.92. The second-order valence-electron chi connectivity index (χ2n) is 3.22. The molecule has 0 aliphatic heterocycles. The van der Waals surface area contributed by atoms with Gasteiger partial charge >= 0.3 is 6.18 Å². The standard InChI is InChI=1S/C7H8F3N5OS/c1-16-2-3(11)4-14-15-5(7(8,9)10)12-13-6(15)17-4/h3H,2,11H2,1H3. The van der Waals surface area contributed by atoms with Crippen LogP contribution in [0.2, 0.25) is 0 Å². The van der Waals surface area contributed by atoms with Crippen LogP contribution in [-0.2, 0) is 10.9 Å². The van der Waals surface area contributed by atoms with Crippen molar-refractivity contribution in [1.82, 2.24) is 19.8 Å². The van der Waals surface area contributed by atoms with Gasteiger partial charge in [0, 0.05) is 7.11 Å². The first-order chi connectivity index (χ1) is 7.93. The molecule has 0 radical (unpaired) electrons. The van der Waals surface area contributed by atoms with E-state index in [1.54, 1.807) is 0 Å². The highest BCUT2D eigenvalue weighted by Crippen LogP contribution is 2.29. The number of methoxy groups -OCH3 is 1. The Morgan fingerprint density at radius 3 is 2.76 bits per heavy atom. The second-order valence-corrected chi connectivity index (χ2v) is 4.21. The van der Waals surface area contributed by atoms with Crippen LogP contribution in [0.5, 0.6) is 0 Å². The van der Waals surface area contributed by atoms with Crippen LogP contribution in [0.15, 0.2) is 0 Å². The molecule has 2 rings (SSSR count). The Bertz CT molecular complexity index is 521. The van der Waals surface area contributed by atoms with Gasteiger partial charge < -0.3 is 10.5 Å². The molecular formula is C7H8F3N5OS. The van der Waals surface area contributed by atoms with Crippen molar-refractivity contribution >= 4 is 16.3 Å². The van der Waals surface area contributed by atoms with Gasteiger partial charge in [-0.3, -0.25) is 0 Å². The number of fused-ring (bicyclic) bond motifs is 1. The quantitative estimate of drug-likeness (QED) is 0.892. The van der Waals surface area contributed by atoms with Crippen LogP contribution in [-0.4, -0.2) is 33.5 Å². The Balaban J connectivity index is 2.42. The molecule has 2 heterocycles. The zero-order valence-electron chi connectivity index (χ0n) is 8.60. The molecule has 0 amide bonds. The number of nitrogens with zero attached hydrogens (tertiary/aromatic N) is 4. The molecule has 2 N–H and O–H groups in total. The third-order valence-corrected chi connectivity index (χ3v) is 2.95. The lowest BCUT2D eigenvalue weighted by Crippen LogP contribution is -2.17. The maximum Gasteiger partial charge on any atom is 0.453 e. The van der Waals surface area contributed by atoms with Gasteiger partial charge in [0.25, 0.3) is 5.82 Å². The molecule has 0 bridgehead atoms. The van der Waals surface area contributed by atoms with Crippen LogP contribution in [0.25, 0.3) is 4.96 Å². The molecule has 6 nitrogen and oxygen atoms in total. The van der Waals surface area contributed by atoms with E-state index in [2.05, 4.69) is 15.3 Å². The average Bonchev–Trinajstić information content (AvgIpc) is 2.73. The summed E-state index contributed by atoms with van der Waals surface area (Å²) < 4.78 is 42.9. The SMILES string of the molecule is COCC(N)c1nn2c(C(F)(F)F)nnc2s1. The molecule has 0 saturated carbocycles. The fraction of sp³-hybridized carbons (Fsp3) is 0.571. The first kappa shape index (κ1) is 12.2. The van der Waals surface area contributed by atoms with Gasteiger partial charge in [0.05, 0.1) is 12.6 Å². The highest BCUT2D eigenvalue weighted by atomic mass is 32.1. The Morgan fingerprint density at radius 1 is 1.47 bits per heavy atom. The molecule has 0 saturated heterocycles. The van der Waals surface area contributed by atoms with E-state index in [0.29, 0.717) is 9.52 Å². The average molecular weight is 267 g/mol. The summed E-state index contributed by atoms with van der Waals surface area (Å²) in [6.45, 7) is 0.172. The first-order valence-corrected chi connectivity index (χ1v) is 5.29. The summed E-state index contributed by atoms with van der Waals surface area (Å²) in [7, 11) is 1.45. The zero-order chi connectivity index (χ0) is 12.6. The van der Waals surface area contributed by atoms with Crippen LogP contribution >= 0.6 is 11.3 Å². The van der Waals surface area contributed by atoms with E-state index in [9.17, 15) is 13.2 Å². The Morgan fingerprint density at radius 2 is 2.18 bits per heavy atom. The molecule has 10 heteroatoms. The van der Waals surface area contributed by atoms with Crippen molar-refractivity contribution in [3.8, 4) is 0 Å². The van der Waals surface area contributed by atoms with E-state index in [1.165, 1.54) is 7.11 Å². The van der Waals surface area contributed by atoms with Crippen molar-refractivity contribution in [3.63, 3.8) is 0 Å². The molecule has 2 aromatic rings. The van der Waals surface area contributed by atoms with Gasteiger partial charge in [-0.05, 0) is 0 Å². The fourth-order valence-corrected chi connectivity index (χ4v) is 2.03. The number of alkyl halides is 3. The summed E-state index contributed by atoms with van der Waals surface area (Å²) >= 11 is 0.956. The maximum absolute atomic E-state index is 12.5. The number of rotatable bonds is 3. The molecule has 2 aromatic heterocycles. The molecule has 0 aliphatic rings. The smallest absolute Gasteiger partial charge is 0.383 e. The number of hydrogen-bond acceptors (Lipinski definition) is 6. The van der Waals surface area contributed by atoms with Crippen LogP contribution in [0.4, 0.5) is 13.2 Å². The summed E-state index contributed by atoms with van der Waals surface area (Å²) in [5.74, 6) is -1.15. The lowest BCUT2D eigenvalue weighted by atomic mass is 10.4. The maximum atomic E-state index is 12.5. The molecule has 0 aliphatic carbocycles. The van der Waals surface area contributed by atoms with E-state index >= 15 is 0 Å². The minimum Gasteiger partial charge on any atom is -0.383 e. The molecule has 94 valence electrons. The molecule has 0 fully saturated rings. The number of aromatic nitrogens is 4. The van der Waals surface area contributed by atoms with E-state index in [4.69, 9.17) is 10.5 Å². The van der Waals surface area contributed by atoms with Gasteiger partial charge in [0.2, 0.25) is 4.96 Å². The van der Waals surface area contributed by atoms with E-state index in [1.807, 2.05) is 0 Å². The lowest BCUT2D eigenvalue weighted by molar-refractivity contribution is -0.146. The normalized spacial score (nSPS) is 14.4. The lowest BCUT2D eigenvalue weighted by Gasteiger charge is -2.05. The van der Waals surface area contributed by atoms with Crippen LogP contribution < -0.4 is 5.73 Å². The summed E-state index contributed by atoms with van der Waals surface area (Å²) in [5.41, 5.74) is 5.67. The minimum absolute atomic E-state index is 0.0545. The van der Waals surface area contributed by atoms with Crippen molar-refractivity contribution in [2.45, 2.75) is 12.2 Å². The summed E-state index contributed by atoms with van der Waals surface area (Å²) in [4.78, 5) is 0.0545. The van der Waals surface area contributed by atoms with Gasteiger partial charge in [-0.1, -0.05) is 11.3 Å². The van der Waals surface area contributed by atoms with Gasteiger partial charge in [-0.25, -0.2) is 0 Å². The topological polar surface area (TPSA) is 78.3 Å². The van der Waals surface area contributed by atoms with Gasteiger partial charge in [0.1, 0.15) is 5.01 Å².